The average molecular weight is 672 g/mol. The highest BCUT2D eigenvalue weighted by Crippen LogP contribution is 2.17. The Balaban J connectivity index is 0.000000206. The third-order valence-electron chi connectivity index (χ3n) is 6.06. The zero-order valence-corrected chi connectivity index (χ0v) is 24.5. The molecule has 0 radical (unpaired) electrons. The number of benzene rings is 2. The van der Waals surface area contributed by atoms with E-state index in [1.54, 1.807) is 12.1 Å². The van der Waals surface area contributed by atoms with Gasteiger partial charge in [0, 0.05) is 49.9 Å². The van der Waals surface area contributed by atoms with Crippen LogP contribution in [0.15, 0.2) is 48.5 Å². The Labute approximate surface area is 268 Å². The molecule has 5 rings (SSSR count). The first-order chi connectivity index (χ1) is 22.7. The fourth-order valence-electron chi connectivity index (χ4n) is 3.68. The van der Waals surface area contributed by atoms with Gasteiger partial charge in [-0.1, -0.05) is 10.1 Å². The molecule has 48 heavy (non-hydrogen) atoms. The lowest BCUT2D eigenvalue weighted by Crippen LogP contribution is -2.37. The molecule has 0 unspecified atom stereocenters. The minimum atomic E-state index is -1.48. The van der Waals surface area contributed by atoms with Crippen molar-refractivity contribution >= 4 is 71.0 Å². The van der Waals surface area contributed by atoms with Crippen molar-refractivity contribution in [1.82, 2.24) is 15.2 Å². The quantitative estimate of drug-likeness (QED) is 0.248. The first kappa shape index (κ1) is 35.6. The maximum absolute atomic E-state index is 11.5. The number of rotatable bonds is 6. The van der Waals surface area contributed by atoms with E-state index < -0.39 is 59.6 Å². The summed E-state index contributed by atoms with van der Waals surface area (Å²) in [5.74, 6) is -5.91. The summed E-state index contributed by atoms with van der Waals surface area (Å²) < 4.78 is 0. The van der Waals surface area contributed by atoms with Crippen LogP contribution in [0.4, 0.5) is 21.0 Å². The van der Waals surface area contributed by atoms with Gasteiger partial charge in [0.05, 0.1) is 11.1 Å². The van der Waals surface area contributed by atoms with E-state index in [4.69, 9.17) is 15.9 Å². The van der Waals surface area contributed by atoms with E-state index in [2.05, 4.69) is 19.8 Å². The number of anilines is 2. The molecule has 3 heterocycles. The van der Waals surface area contributed by atoms with E-state index in [9.17, 15) is 47.9 Å². The number of hydroxylamine groups is 6. The number of carbonyl (C=O) groups excluding carboxylic acids is 8. The van der Waals surface area contributed by atoms with Crippen molar-refractivity contribution in [2.24, 2.45) is 0 Å². The van der Waals surface area contributed by atoms with Crippen molar-refractivity contribution in [3.05, 3.63) is 59.7 Å². The number of aromatic carboxylic acids is 2. The van der Waals surface area contributed by atoms with Gasteiger partial charge in [0.15, 0.2) is 0 Å². The fraction of sp³-hybridized carbons (Fsp3) is 0.214. The van der Waals surface area contributed by atoms with Crippen molar-refractivity contribution < 1.29 is 72.7 Å². The number of carboxylic acids is 2. The summed E-state index contributed by atoms with van der Waals surface area (Å²) in [4.78, 5) is 124. The first-order valence-corrected chi connectivity index (χ1v) is 13.5. The standard InChI is InChI=1S/C12H10N2O6.C9H8N2O7.C7H7NO2/c15-9-5-6-10(16)14(9)20-12(19)13-8-3-1-7(2-4-8)11(17)18;12-5-1-2-6(13)10(5)17-9(16)18-11-7(14)3-4-8(11)15;8-6-3-1-5(2-4-6)7(9)10/h1-4H,5-6H2,(H,13,19)(H,17,18);1-4H2;1-4H,8H2,(H,9,10). The minimum Gasteiger partial charge on any atom is -0.478 e. The van der Waals surface area contributed by atoms with Gasteiger partial charge in [-0.15, -0.1) is 5.06 Å². The number of carbonyl (C=O) groups is 10. The van der Waals surface area contributed by atoms with Crippen molar-refractivity contribution in [2.75, 3.05) is 11.1 Å². The largest absolute Gasteiger partial charge is 0.560 e. The van der Waals surface area contributed by atoms with Crippen LogP contribution in [0, 0.1) is 0 Å². The van der Waals surface area contributed by atoms with Gasteiger partial charge in [-0.05, 0) is 48.5 Å². The number of hydrogen-bond acceptors (Lipinski definition) is 14. The lowest BCUT2D eigenvalue weighted by Gasteiger charge is -2.15. The Morgan fingerprint density at radius 1 is 0.542 bits per heavy atom. The zero-order valence-electron chi connectivity index (χ0n) is 24.5. The molecular formula is C28H25N5O15. The van der Waals surface area contributed by atoms with Crippen molar-refractivity contribution in [3.63, 3.8) is 0 Å². The predicted octanol–water partition coefficient (Wildman–Crippen LogP) is 1.23. The Morgan fingerprint density at radius 3 is 1.19 bits per heavy atom. The molecule has 252 valence electrons. The molecule has 0 bridgehead atoms. The molecule has 0 atom stereocenters. The monoisotopic (exact) mass is 671 g/mol. The van der Waals surface area contributed by atoms with Crippen LogP contribution < -0.4 is 11.1 Å². The average Bonchev–Trinajstić information content (AvgIpc) is 3.65. The number of nitrogen functional groups attached to an aromatic ring is 1. The number of carboxylic acid groups (broad SMARTS) is 2. The molecule has 3 aliphatic rings. The van der Waals surface area contributed by atoms with Gasteiger partial charge in [-0.3, -0.25) is 43.8 Å². The summed E-state index contributed by atoms with van der Waals surface area (Å²) in [5, 5.41) is 20.4. The summed E-state index contributed by atoms with van der Waals surface area (Å²) in [7, 11) is 0. The van der Waals surface area contributed by atoms with Gasteiger partial charge in [0.1, 0.15) is 0 Å². The molecule has 0 spiro atoms. The molecule has 7 amide bonds. The highest BCUT2D eigenvalue weighted by molar-refractivity contribution is 6.03. The molecule has 5 N–H and O–H groups in total. The van der Waals surface area contributed by atoms with Crippen LogP contribution in [-0.4, -0.2) is 85.0 Å². The second-order valence-corrected chi connectivity index (χ2v) is 9.49. The van der Waals surface area contributed by atoms with Crippen molar-refractivity contribution in [2.45, 2.75) is 38.5 Å². The lowest BCUT2D eigenvalue weighted by atomic mass is 10.2. The third-order valence-corrected chi connectivity index (χ3v) is 6.06. The van der Waals surface area contributed by atoms with E-state index in [1.807, 2.05) is 0 Å². The topological polar surface area (TPSA) is 287 Å². The van der Waals surface area contributed by atoms with Crippen molar-refractivity contribution in [3.8, 4) is 0 Å². The zero-order chi connectivity index (χ0) is 35.5. The molecule has 3 fully saturated rings. The van der Waals surface area contributed by atoms with Gasteiger partial charge in [-0.25, -0.2) is 14.4 Å². The summed E-state index contributed by atoms with van der Waals surface area (Å²) in [6.07, 6.45) is -2.71. The van der Waals surface area contributed by atoms with Gasteiger partial charge >= 0.3 is 24.2 Å². The number of imide groups is 3. The Morgan fingerprint density at radius 2 is 0.854 bits per heavy atom. The predicted molar refractivity (Wildman–Crippen MR) is 152 cm³/mol. The molecular weight excluding hydrogens is 646 g/mol. The van der Waals surface area contributed by atoms with Crippen molar-refractivity contribution in [1.29, 1.82) is 0 Å². The van der Waals surface area contributed by atoms with Crippen LogP contribution in [0.2, 0.25) is 0 Å². The second-order valence-electron chi connectivity index (χ2n) is 9.49. The molecule has 20 heteroatoms. The summed E-state index contributed by atoms with van der Waals surface area (Å²) >= 11 is 0. The molecule has 2 aromatic rings. The lowest BCUT2D eigenvalue weighted by molar-refractivity contribution is -0.198. The van der Waals surface area contributed by atoms with E-state index in [1.165, 1.54) is 36.4 Å². The smallest absolute Gasteiger partial charge is 0.478 e. The summed E-state index contributed by atoms with van der Waals surface area (Å²) in [5.41, 5.74) is 6.51. The number of nitrogens with zero attached hydrogens (tertiary/aromatic N) is 3. The molecule has 3 aliphatic heterocycles. The minimum absolute atomic E-state index is 0.0133. The molecule has 0 aliphatic carbocycles. The van der Waals surface area contributed by atoms with Crippen LogP contribution >= 0.6 is 0 Å². The Kier molecular flexibility index (Phi) is 11.8. The molecule has 0 aromatic heterocycles. The highest BCUT2D eigenvalue weighted by Gasteiger charge is 2.37. The van der Waals surface area contributed by atoms with E-state index in [0.717, 1.165) is 0 Å². The van der Waals surface area contributed by atoms with Crippen LogP contribution in [0.25, 0.3) is 0 Å². The van der Waals surface area contributed by atoms with Crippen LogP contribution in [-0.2, 0) is 43.3 Å². The summed E-state index contributed by atoms with van der Waals surface area (Å²) in [6.45, 7) is 0. The van der Waals surface area contributed by atoms with Gasteiger partial charge in [0.2, 0.25) is 0 Å². The number of hydrogen-bond donors (Lipinski definition) is 4. The van der Waals surface area contributed by atoms with Gasteiger partial charge in [-0.2, -0.15) is 4.79 Å². The van der Waals surface area contributed by atoms with E-state index in [0.29, 0.717) is 10.8 Å². The third kappa shape index (κ3) is 9.82. The normalized spacial score (nSPS) is 15.3. The Hall–Kier alpha value is -6.86. The number of nitrogens with one attached hydrogen (secondary N) is 1. The number of amides is 7. The number of nitrogens with two attached hydrogens (primary N) is 1. The van der Waals surface area contributed by atoms with Crippen LogP contribution in [0.3, 0.4) is 0 Å². The first-order valence-electron chi connectivity index (χ1n) is 13.5. The molecule has 0 saturated carbocycles. The van der Waals surface area contributed by atoms with Crippen LogP contribution in [0.1, 0.15) is 59.2 Å². The SMILES string of the molecule is Nc1ccc(C(=O)O)cc1.O=C(Nc1ccc(C(=O)O)cc1)ON1C(=O)CCC1=O.O=C(ON1C(=O)CCC1=O)ON1C(=O)CCC1=O. The Bertz CT molecular complexity index is 1570. The maximum Gasteiger partial charge on any atom is 0.560 e. The molecule has 3 saturated heterocycles. The van der Waals surface area contributed by atoms with E-state index >= 15 is 0 Å². The maximum atomic E-state index is 11.5. The summed E-state index contributed by atoms with van der Waals surface area (Å²) in [6, 6.07) is 11.4. The van der Waals surface area contributed by atoms with Gasteiger partial charge in [0.25, 0.3) is 35.4 Å². The fourth-order valence-corrected chi connectivity index (χ4v) is 3.68. The van der Waals surface area contributed by atoms with Gasteiger partial charge < -0.3 is 20.8 Å². The molecule has 20 nitrogen and oxygen atoms in total. The van der Waals surface area contributed by atoms with E-state index in [-0.39, 0.29) is 65.5 Å². The molecule has 2 aromatic carbocycles. The van der Waals surface area contributed by atoms with Crippen LogP contribution in [0.5, 0.6) is 0 Å². The highest BCUT2D eigenvalue weighted by atomic mass is 16.9. The second kappa shape index (κ2) is 15.9.